The third kappa shape index (κ3) is 4.09. The summed E-state index contributed by atoms with van der Waals surface area (Å²) >= 11 is 0. The third-order valence-corrected chi connectivity index (χ3v) is 2.19. The molecule has 0 amide bonds. The van der Waals surface area contributed by atoms with Crippen LogP contribution in [0, 0.1) is 0 Å². The first-order valence-corrected chi connectivity index (χ1v) is 4.47. The molecule has 82 valence electrons. The van der Waals surface area contributed by atoms with Gasteiger partial charge in [0.05, 0.1) is 0 Å². The van der Waals surface area contributed by atoms with Crippen molar-refractivity contribution in [2.75, 3.05) is 14.1 Å². The second kappa shape index (κ2) is 7.80. The van der Waals surface area contributed by atoms with E-state index in [1.165, 1.54) is 5.56 Å². The van der Waals surface area contributed by atoms with E-state index in [1.54, 1.807) is 0 Å². The van der Waals surface area contributed by atoms with Crippen molar-refractivity contribution < 1.29 is 0 Å². The van der Waals surface area contributed by atoms with Crippen molar-refractivity contribution in [3.8, 4) is 0 Å². The van der Waals surface area contributed by atoms with Gasteiger partial charge in [-0.15, -0.1) is 12.4 Å². The van der Waals surface area contributed by atoms with Crippen LogP contribution in [-0.4, -0.2) is 19.0 Å². The van der Waals surface area contributed by atoms with Crippen LogP contribution in [0.5, 0.6) is 0 Å². The van der Waals surface area contributed by atoms with Crippen molar-refractivity contribution in [2.24, 2.45) is 0 Å². The first-order chi connectivity index (χ1) is 5.75. The fourth-order valence-corrected chi connectivity index (χ4v) is 1.57. The summed E-state index contributed by atoms with van der Waals surface area (Å²) in [7, 11) is 4.25. The van der Waals surface area contributed by atoms with E-state index >= 15 is 0 Å². The Hall–Kier alpha value is -0.570. The molecular formula is C11H21ClN2. The largest absolute Gasteiger partial charge is 0.344 e. The maximum atomic E-state index is 2.26. The number of rotatable bonds is 3. The van der Waals surface area contributed by atoms with Crippen molar-refractivity contribution in [1.82, 2.24) is 11.1 Å². The van der Waals surface area contributed by atoms with Gasteiger partial charge in [-0.1, -0.05) is 37.3 Å². The number of hydrogen-bond donors (Lipinski definition) is 1. The van der Waals surface area contributed by atoms with Gasteiger partial charge in [-0.2, -0.15) is 0 Å². The highest BCUT2D eigenvalue weighted by molar-refractivity contribution is 5.85. The van der Waals surface area contributed by atoms with Crippen LogP contribution in [0.15, 0.2) is 30.3 Å². The standard InChI is InChI=1S/C11H17N.ClH.H3N/c1-4-11(12(2)3)10-8-6-5-7-9-10;;/h5-9,11H,4H2,1-3H3;1H;1H3. The summed E-state index contributed by atoms with van der Waals surface area (Å²) in [5.41, 5.74) is 1.41. The Labute approximate surface area is 93.3 Å². The topological polar surface area (TPSA) is 38.2 Å². The quantitative estimate of drug-likeness (QED) is 0.842. The summed E-state index contributed by atoms with van der Waals surface area (Å²) in [5.74, 6) is 0. The molecule has 3 N–H and O–H groups in total. The van der Waals surface area contributed by atoms with Gasteiger partial charge in [0.25, 0.3) is 0 Å². The molecule has 1 aromatic carbocycles. The van der Waals surface area contributed by atoms with Gasteiger partial charge >= 0.3 is 0 Å². The summed E-state index contributed by atoms with van der Waals surface area (Å²) in [4.78, 5) is 2.26. The monoisotopic (exact) mass is 216 g/mol. The fraction of sp³-hybridized carbons (Fsp3) is 0.455. The van der Waals surface area contributed by atoms with E-state index in [1.807, 2.05) is 0 Å². The molecule has 0 aliphatic heterocycles. The van der Waals surface area contributed by atoms with Gasteiger partial charge in [-0.3, -0.25) is 0 Å². The lowest BCUT2D eigenvalue weighted by Crippen LogP contribution is -2.18. The van der Waals surface area contributed by atoms with E-state index < -0.39 is 0 Å². The maximum absolute atomic E-state index is 2.26. The molecule has 0 fully saturated rings. The molecule has 0 aliphatic carbocycles. The van der Waals surface area contributed by atoms with Gasteiger partial charge in [0.15, 0.2) is 0 Å². The fourth-order valence-electron chi connectivity index (χ4n) is 1.57. The third-order valence-electron chi connectivity index (χ3n) is 2.19. The van der Waals surface area contributed by atoms with E-state index in [4.69, 9.17) is 0 Å². The Bertz CT molecular complexity index is 224. The molecule has 1 aromatic rings. The van der Waals surface area contributed by atoms with Crippen LogP contribution in [0.3, 0.4) is 0 Å². The molecule has 0 saturated heterocycles. The molecular weight excluding hydrogens is 196 g/mol. The minimum absolute atomic E-state index is 0. The van der Waals surface area contributed by atoms with E-state index in [2.05, 4.69) is 56.3 Å². The normalized spacial score (nSPS) is 11.4. The zero-order valence-electron chi connectivity index (χ0n) is 9.23. The predicted molar refractivity (Wildman–Crippen MR) is 65.4 cm³/mol. The summed E-state index contributed by atoms with van der Waals surface area (Å²) in [6.45, 7) is 2.22. The van der Waals surface area contributed by atoms with Gasteiger partial charge in [0.1, 0.15) is 0 Å². The zero-order valence-corrected chi connectivity index (χ0v) is 10.1. The summed E-state index contributed by atoms with van der Waals surface area (Å²) in [6.07, 6.45) is 1.16. The van der Waals surface area contributed by atoms with Crippen molar-refractivity contribution in [3.63, 3.8) is 0 Å². The lowest BCUT2D eigenvalue weighted by Gasteiger charge is -2.22. The van der Waals surface area contributed by atoms with E-state index in [0.717, 1.165) is 6.42 Å². The van der Waals surface area contributed by atoms with Crippen LogP contribution in [0.4, 0.5) is 0 Å². The number of hydrogen-bond acceptors (Lipinski definition) is 2. The Balaban J connectivity index is 0. The van der Waals surface area contributed by atoms with Crippen LogP contribution >= 0.6 is 12.4 Å². The Morgan fingerprint density at radius 2 is 1.64 bits per heavy atom. The number of halogens is 1. The van der Waals surface area contributed by atoms with Crippen LogP contribution in [0.1, 0.15) is 24.9 Å². The summed E-state index contributed by atoms with van der Waals surface area (Å²) in [5, 5.41) is 0. The second-order valence-corrected chi connectivity index (χ2v) is 3.30. The highest BCUT2D eigenvalue weighted by Gasteiger charge is 2.09. The van der Waals surface area contributed by atoms with E-state index in [-0.39, 0.29) is 18.6 Å². The smallest absolute Gasteiger partial charge is 0.0339 e. The van der Waals surface area contributed by atoms with E-state index in [9.17, 15) is 0 Å². The molecule has 1 unspecified atom stereocenters. The van der Waals surface area contributed by atoms with Crippen LogP contribution < -0.4 is 6.15 Å². The van der Waals surface area contributed by atoms with Crippen LogP contribution in [-0.2, 0) is 0 Å². The average molecular weight is 217 g/mol. The van der Waals surface area contributed by atoms with Crippen molar-refractivity contribution in [1.29, 1.82) is 0 Å². The Morgan fingerprint density at radius 3 is 2.00 bits per heavy atom. The molecule has 1 rings (SSSR count). The second-order valence-electron chi connectivity index (χ2n) is 3.30. The van der Waals surface area contributed by atoms with Crippen molar-refractivity contribution in [3.05, 3.63) is 35.9 Å². The highest BCUT2D eigenvalue weighted by Crippen LogP contribution is 2.20. The minimum Gasteiger partial charge on any atom is -0.344 e. The van der Waals surface area contributed by atoms with Gasteiger partial charge in [-0.05, 0) is 26.1 Å². The molecule has 14 heavy (non-hydrogen) atoms. The van der Waals surface area contributed by atoms with Crippen molar-refractivity contribution in [2.45, 2.75) is 19.4 Å². The van der Waals surface area contributed by atoms with Crippen LogP contribution in [0.25, 0.3) is 0 Å². The molecule has 1 atom stereocenters. The Morgan fingerprint density at radius 1 is 1.14 bits per heavy atom. The lowest BCUT2D eigenvalue weighted by molar-refractivity contribution is 0.292. The predicted octanol–water partition coefficient (Wildman–Crippen LogP) is 3.28. The first-order valence-electron chi connectivity index (χ1n) is 4.47. The molecule has 3 heteroatoms. The lowest BCUT2D eigenvalue weighted by atomic mass is 10.0. The van der Waals surface area contributed by atoms with Gasteiger partial charge in [-0.25, -0.2) is 0 Å². The number of nitrogens with zero attached hydrogens (tertiary/aromatic N) is 1. The molecule has 0 aromatic heterocycles. The average Bonchev–Trinajstić information content (AvgIpc) is 2.07. The van der Waals surface area contributed by atoms with Gasteiger partial charge in [0, 0.05) is 6.04 Å². The molecule has 0 radical (unpaired) electrons. The molecule has 0 bridgehead atoms. The first kappa shape index (κ1) is 15.9. The SMILES string of the molecule is CCC(c1ccccc1)N(C)C.Cl.N. The number of benzene rings is 1. The summed E-state index contributed by atoms with van der Waals surface area (Å²) < 4.78 is 0. The molecule has 0 heterocycles. The summed E-state index contributed by atoms with van der Waals surface area (Å²) in [6, 6.07) is 11.2. The van der Waals surface area contributed by atoms with Gasteiger partial charge in [0.2, 0.25) is 0 Å². The minimum atomic E-state index is 0. The van der Waals surface area contributed by atoms with Crippen molar-refractivity contribution >= 4 is 12.4 Å². The molecule has 2 nitrogen and oxygen atoms in total. The Kier molecular flexibility index (Phi) is 8.85. The molecule has 0 saturated carbocycles. The molecule has 0 spiro atoms. The van der Waals surface area contributed by atoms with E-state index in [0.29, 0.717) is 6.04 Å². The highest BCUT2D eigenvalue weighted by atomic mass is 35.5. The maximum Gasteiger partial charge on any atom is 0.0339 e. The van der Waals surface area contributed by atoms with Crippen LogP contribution in [0.2, 0.25) is 0 Å². The zero-order chi connectivity index (χ0) is 8.97. The van der Waals surface area contributed by atoms with Gasteiger partial charge < -0.3 is 11.1 Å². The molecule has 0 aliphatic rings.